The number of phenolic OH excluding ortho intramolecular Hbond substituents is 1. The Bertz CT molecular complexity index is 1640. The first-order valence-corrected chi connectivity index (χ1v) is 13.7. The highest BCUT2D eigenvalue weighted by molar-refractivity contribution is 6.59. The van der Waals surface area contributed by atoms with Crippen molar-refractivity contribution in [3.63, 3.8) is 0 Å². The number of likely N-dealkylation sites (N-methyl/N-ethyl adjacent to an activating group) is 1. The zero-order valence-electron chi connectivity index (χ0n) is 22.5. The van der Waals surface area contributed by atoms with E-state index in [1.807, 2.05) is 16.8 Å². The molecule has 42 heavy (non-hydrogen) atoms. The molecule has 0 saturated carbocycles. The number of carbonyl (C=O) groups excluding carboxylic acids is 2. The van der Waals surface area contributed by atoms with E-state index in [-0.39, 0.29) is 34.7 Å². The van der Waals surface area contributed by atoms with Crippen LogP contribution in [0.15, 0.2) is 23.3 Å². The number of aromatic nitrogens is 2. The molecule has 0 aliphatic carbocycles. The summed E-state index contributed by atoms with van der Waals surface area (Å²) in [5.41, 5.74) is -0.0498. The van der Waals surface area contributed by atoms with Crippen LogP contribution in [-0.2, 0) is 11.3 Å². The Labute approximate surface area is 244 Å². The first kappa shape index (κ1) is 28.1. The van der Waals surface area contributed by atoms with Gasteiger partial charge in [0.15, 0.2) is 17.9 Å². The summed E-state index contributed by atoms with van der Waals surface area (Å²) in [7, 11) is 3.74. The highest BCUT2D eigenvalue weighted by Crippen LogP contribution is 2.35. The van der Waals surface area contributed by atoms with Crippen LogP contribution in [0.4, 0.5) is 30.5 Å². The van der Waals surface area contributed by atoms with E-state index in [2.05, 4.69) is 15.2 Å². The van der Waals surface area contributed by atoms with Crippen LogP contribution >= 0.6 is 11.6 Å². The minimum Gasteiger partial charge on any atom is -0.504 e. The van der Waals surface area contributed by atoms with Crippen LogP contribution in [0, 0.1) is 17.6 Å². The van der Waals surface area contributed by atoms with Crippen molar-refractivity contribution >= 4 is 59.8 Å². The number of aromatic hydroxyl groups is 1. The lowest BCUT2D eigenvalue weighted by Crippen LogP contribution is -2.44. The highest BCUT2D eigenvalue weighted by Gasteiger charge is 2.32. The number of amidine groups is 1. The Balaban J connectivity index is 1.34. The standard InChI is InChI=1S/C27H25BClF3N7O3/c1-36-5-7-37(8-6-36)19-10-17(22(29)26(32)34-19)33-20(41)12-38-11-16(15-9-14(13-40)25(42)24(31)23(15)30)21-27(38)35-18-3-2-4-39(18)28-21/h9-11,13,42H,2-8,12H2,1H3,(H,33,34,41). The molecular formula is C27H25BClF3N7O3. The van der Waals surface area contributed by atoms with Crippen molar-refractivity contribution in [1.82, 2.24) is 19.3 Å². The molecule has 1 radical (unpaired) electrons. The van der Waals surface area contributed by atoms with Gasteiger partial charge in [-0.3, -0.25) is 9.59 Å². The number of aliphatic imine (C=N–C) groups is 1. The molecule has 0 unspecified atom stereocenters. The third-order valence-electron chi connectivity index (χ3n) is 7.69. The van der Waals surface area contributed by atoms with E-state index < -0.39 is 34.8 Å². The average Bonchev–Trinajstić information content (AvgIpc) is 3.57. The molecule has 0 spiro atoms. The number of rotatable bonds is 6. The van der Waals surface area contributed by atoms with E-state index in [0.717, 1.165) is 31.4 Å². The van der Waals surface area contributed by atoms with Crippen LogP contribution in [0.2, 0.25) is 5.02 Å². The molecule has 3 aliphatic rings. The number of nitrogens with zero attached hydrogens (tertiary/aromatic N) is 6. The lowest BCUT2D eigenvalue weighted by atomic mass is 9.76. The van der Waals surface area contributed by atoms with Crippen LogP contribution in [0.1, 0.15) is 23.2 Å². The average molecular weight is 599 g/mol. The number of hydrogen-bond donors (Lipinski definition) is 2. The molecule has 1 amide bonds. The van der Waals surface area contributed by atoms with Gasteiger partial charge in [0, 0.05) is 62.5 Å². The summed E-state index contributed by atoms with van der Waals surface area (Å²) in [5, 5.41) is 12.1. The summed E-state index contributed by atoms with van der Waals surface area (Å²) in [6, 6.07) is 2.57. The van der Waals surface area contributed by atoms with E-state index >= 15 is 4.39 Å². The van der Waals surface area contributed by atoms with Crippen molar-refractivity contribution in [1.29, 1.82) is 0 Å². The monoisotopic (exact) mass is 598 g/mol. The van der Waals surface area contributed by atoms with Crippen LogP contribution in [0.5, 0.6) is 5.75 Å². The largest absolute Gasteiger partial charge is 0.504 e. The molecule has 10 nitrogen and oxygen atoms in total. The van der Waals surface area contributed by atoms with E-state index in [4.69, 9.17) is 16.6 Å². The zero-order chi connectivity index (χ0) is 29.7. The molecule has 217 valence electrons. The summed E-state index contributed by atoms with van der Waals surface area (Å²) >= 11 is 6.16. The molecule has 3 aliphatic heterocycles. The summed E-state index contributed by atoms with van der Waals surface area (Å²) < 4.78 is 45.8. The third kappa shape index (κ3) is 4.98. The number of piperazine rings is 1. The Morgan fingerprint density at radius 3 is 2.64 bits per heavy atom. The summed E-state index contributed by atoms with van der Waals surface area (Å²) in [5.74, 6) is -4.03. The summed E-state index contributed by atoms with van der Waals surface area (Å²) in [6.45, 7) is 3.16. The van der Waals surface area contributed by atoms with Crippen molar-refractivity contribution in [3.8, 4) is 16.9 Å². The zero-order valence-corrected chi connectivity index (χ0v) is 23.3. The summed E-state index contributed by atoms with van der Waals surface area (Å²) in [4.78, 5) is 39.3. The maximum Gasteiger partial charge on any atom is 0.291 e. The van der Waals surface area contributed by atoms with Crippen LogP contribution in [0.25, 0.3) is 11.1 Å². The second-order valence-corrected chi connectivity index (χ2v) is 10.8. The number of carbonyl (C=O) groups is 2. The highest BCUT2D eigenvalue weighted by atomic mass is 35.5. The molecule has 2 aromatic heterocycles. The number of pyridine rings is 1. The van der Waals surface area contributed by atoms with Gasteiger partial charge in [0.2, 0.25) is 17.7 Å². The molecule has 2 fully saturated rings. The van der Waals surface area contributed by atoms with E-state index in [1.54, 1.807) is 7.41 Å². The maximum absolute atomic E-state index is 15.1. The van der Waals surface area contributed by atoms with Gasteiger partial charge in [-0.2, -0.15) is 8.78 Å². The van der Waals surface area contributed by atoms with Crippen molar-refractivity contribution in [2.75, 3.05) is 50.0 Å². The molecule has 2 saturated heterocycles. The molecular weight excluding hydrogens is 574 g/mol. The van der Waals surface area contributed by atoms with Gasteiger partial charge in [-0.25, -0.2) is 14.4 Å². The van der Waals surface area contributed by atoms with Gasteiger partial charge in [0.05, 0.1) is 17.1 Å². The van der Waals surface area contributed by atoms with Crippen LogP contribution in [-0.4, -0.2) is 89.6 Å². The Morgan fingerprint density at radius 1 is 1.14 bits per heavy atom. The van der Waals surface area contributed by atoms with E-state index in [1.165, 1.54) is 16.8 Å². The van der Waals surface area contributed by atoms with Gasteiger partial charge < -0.3 is 29.6 Å². The number of phenols is 1. The van der Waals surface area contributed by atoms with Crippen LogP contribution < -0.4 is 15.7 Å². The van der Waals surface area contributed by atoms with Gasteiger partial charge in [-0.15, -0.1) is 0 Å². The number of aldehydes is 1. The van der Waals surface area contributed by atoms with Gasteiger partial charge in [-0.05, 0) is 25.0 Å². The Morgan fingerprint density at radius 2 is 1.90 bits per heavy atom. The molecule has 0 bridgehead atoms. The number of halogens is 4. The first-order chi connectivity index (χ1) is 20.1. The van der Waals surface area contributed by atoms with Gasteiger partial charge in [-0.1, -0.05) is 11.6 Å². The smallest absolute Gasteiger partial charge is 0.291 e. The second kappa shape index (κ2) is 11.0. The predicted molar refractivity (Wildman–Crippen MR) is 153 cm³/mol. The van der Waals surface area contributed by atoms with Gasteiger partial charge in [0.1, 0.15) is 23.2 Å². The fourth-order valence-corrected chi connectivity index (χ4v) is 5.55. The maximum atomic E-state index is 15.1. The molecule has 5 heterocycles. The molecule has 3 aromatic rings. The first-order valence-electron chi connectivity index (χ1n) is 13.3. The SMILES string of the molecule is CN1CCN(c2cc(NC(=O)Cn3cc(-c4cc(C=O)c(O)c(F)c4F)c4c3N=C3CCCN3[B]4)c(Cl)c(F)n2)CC1. The fourth-order valence-electron chi connectivity index (χ4n) is 5.41. The topological polar surface area (TPSA) is 106 Å². The predicted octanol–water partition coefficient (Wildman–Crippen LogP) is 2.91. The minimum absolute atomic E-state index is 0.0476. The summed E-state index contributed by atoms with van der Waals surface area (Å²) in [6.07, 6.45) is 3.20. The van der Waals surface area contributed by atoms with Gasteiger partial charge in [0.25, 0.3) is 7.41 Å². The lowest BCUT2D eigenvalue weighted by molar-refractivity contribution is -0.116. The molecule has 15 heteroatoms. The Hall–Kier alpha value is -4.04. The number of nitrogens with one attached hydrogen (secondary N) is 1. The molecule has 1 aromatic carbocycles. The van der Waals surface area contributed by atoms with Crippen molar-refractivity contribution < 1.29 is 27.9 Å². The Kier molecular flexibility index (Phi) is 7.35. The molecule has 6 rings (SSSR count). The minimum atomic E-state index is -1.56. The van der Waals surface area contributed by atoms with Crippen molar-refractivity contribution in [2.24, 2.45) is 4.99 Å². The quantitative estimate of drug-likeness (QED) is 0.255. The normalized spacial score (nSPS) is 16.5. The third-order valence-corrected chi connectivity index (χ3v) is 8.04. The van der Waals surface area contributed by atoms with E-state index in [0.29, 0.717) is 43.2 Å². The van der Waals surface area contributed by atoms with Crippen molar-refractivity contribution in [3.05, 3.63) is 46.5 Å². The number of amides is 1. The number of hydrogen-bond acceptors (Lipinski definition) is 8. The van der Waals surface area contributed by atoms with Crippen LogP contribution in [0.3, 0.4) is 0 Å². The van der Waals surface area contributed by atoms with E-state index in [9.17, 15) is 23.5 Å². The fraction of sp³-hybridized carbons (Fsp3) is 0.333. The molecule has 0 atom stereocenters. The lowest BCUT2D eigenvalue weighted by Gasteiger charge is -2.33. The number of benzene rings is 1. The number of anilines is 2. The number of fused-ring (bicyclic) bond motifs is 2. The van der Waals surface area contributed by atoms with Crippen molar-refractivity contribution in [2.45, 2.75) is 19.4 Å². The molecule has 2 N–H and O–H groups in total. The van der Waals surface area contributed by atoms with Gasteiger partial charge >= 0.3 is 0 Å². The second-order valence-electron chi connectivity index (χ2n) is 10.4.